The number of hydrogen-bond donors (Lipinski definition) is 2. The molecule has 28 heavy (non-hydrogen) atoms. The summed E-state index contributed by atoms with van der Waals surface area (Å²) in [5, 5.41) is 13.5. The zero-order valence-corrected chi connectivity index (χ0v) is 17.7. The first-order valence-corrected chi connectivity index (χ1v) is 11.4. The number of fused-ring (bicyclic) bond motifs is 5. The fourth-order valence-corrected chi connectivity index (χ4v) is 7.66. The summed E-state index contributed by atoms with van der Waals surface area (Å²) in [6, 6.07) is 0. The minimum absolute atomic E-state index is 0.117. The van der Waals surface area contributed by atoms with Crippen molar-refractivity contribution in [2.75, 3.05) is 0 Å². The van der Waals surface area contributed by atoms with Crippen molar-refractivity contribution >= 4 is 0 Å². The molecule has 5 rings (SSSR count). The molecule has 0 bridgehead atoms. The average molecular weight is 381 g/mol. The fourth-order valence-electron chi connectivity index (χ4n) is 7.66. The van der Waals surface area contributed by atoms with Gasteiger partial charge in [-0.3, -0.25) is 0 Å². The summed E-state index contributed by atoms with van der Waals surface area (Å²) in [4.78, 5) is 2.35. The molecule has 2 saturated carbocycles. The van der Waals surface area contributed by atoms with Crippen LogP contribution in [0.1, 0.15) is 65.7 Å². The zero-order valence-electron chi connectivity index (χ0n) is 17.7. The lowest BCUT2D eigenvalue weighted by Crippen LogP contribution is -2.53. The van der Waals surface area contributed by atoms with Gasteiger partial charge in [0.15, 0.2) is 0 Å². The molecule has 0 unspecified atom stereocenters. The van der Waals surface area contributed by atoms with Crippen LogP contribution in [0.4, 0.5) is 0 Å². The molecule has 3 nitrogen and oxygen atoms in total. The van der Waals surface area contributed by atoms with Crippen molar-refractivity contribution in [2.45, 2.75) is 71.8 Å². The molecule has 5 aliphatic rings. The van der Waals surface area contributed by atoms with Gasteiger partial charge in [-0.15, -0.1) is 0 Å². The predicted octanol–water partition coefficient (Wildman–Crippen LogP) is 5.29. The van der Waals surface area contributed by atoms with Crippen LogP contribution in [-0.4, -0.2) is 16.1 Å². The number of nitrogens with zero attached hydrogens (tertiary/aromatic N) is 1. The Morgan fingerprint density at radius 2 is 1.86 bits per heavy atom. The van der Waals surface area contributed by atoms with E-state index in [2.05, 4.69) is 55.5 Å². The Balaban J connectivity index is 1.50. The van der Waals surface area contributed by atoms with Crippen LogP contribution in [0.2, 0.25) is 0 Å². The van der Waals surface area contributed by atoms with Crippen LogP contribution < -0.4 is 5.32 Å². The van der Waals surface area contributed by atoms with E-state index in [1.54, 1.807) is 5.57 Å². The van der Waals surface area contributed by atoms with Gasteiger partial charge in [0, 0.05) is 35.9 Å². The van der Waals surface area contributed by atoms with Crippen molar-refractivity contribution < 1.29 is 5.11 Å². The molecule has 2 N–H and O–H groups in total. The maximum Gasteiger partial charge on any atom is 0.0577 e. The highest BCUT2D eigenvalue weighted by Crippen LogP contribution is 2.66. The molecular formula is C25H36N2O. The number of aliphatic hydroxyl groups excluding tert-OH is 1. The first-order chi connectivity index (χ1) is 13.5. The molecule has 0 aromatic heterocycles. The average Bonchev–Trinajstić information content (AvgIpc) is 3.06. The Morgan fingerprint density at radius 1 is 1.11 bits per heavy atom. The van der Waals surface area contributed by atoms with Crippen molar-refractivity contribution in [1.29, 1.82) is 0 Å². The van der Waals surface area contributed by atoms with Gasteiger partial charge in [0.25, 0.3) is 0 Å². The van der Waals surface area contributed by atoms with Crippen molar-refractivity contribution in [2.24, 2.45) is 34.5 Å². The van der Waals surface area contributed by atoms with E-state index in [0.717, 1.165) is 30.6 Å². The van der Waals surface area contributed by atoms with Crippen LogP contribution in [0, 0.1) is 34.5 Å². The number of hydrogen-bond acceptors (Lipinski definition) is 3. The Bertz CT molecular complexity index is 753. The second-order valence-corrected chi connectivity index (χ2v) is 10.4. The summed E-state index contributed by atoms with van der Waals surface area (Å²) in [7, 11) is 0. The molecule has 2 fully saturated rings. The molecule has 1 aliphatic heterocycles. The molecular weight excluding hydrogens is 344 g/mol. The van der Waals surface area contributed by atoms with E-state index in [1.807, 2.05) is 12.4 Å². The van der Waals surface area contributed by atoms with Crippen LogP contribution in [0.15, 0.2) is 48.2 Å². The number of rotatable bonds is 2. The largest absolute Gasteiger partial charge is 0.393 e. The summed E-state index contributed by atoms with van der Waals surface area (Å²) in [5.41, 5.74) is 3.69. The molecule has 0 aromatic carbocycles. The smallest absolute Gasteiger partial charge is 0.0577 e. The fraction of sp³-hybridized carbons (Fsp3) is 0.680. The summed E-state index contributed by atoms with van der Waals surface area (Å²) in [6.45, 7) is 7.44. The van der Waals surface area contributed by atoms with Gasteiger partial charge in [0.1, 0.15) is 0 Å². The van der Waals surface area contributed by atoms with E-state index in [9.17, 15) is 5.11 Å². The lowest BCUT2D eigenvalue weighted by molar-refractivity contribution is -0.0552. The van der Waals surface area contributed by atoms with E-state index in [-0.39, 0.29) is 11.5 Å². The molecule has 4 aliphatic carbocycles. The third kappa shape index (κ3) is 2.51. The Labute approximate surface area is 170 Å². The van der Waals surface area contributed by atoms with Crippen molar-refractivity contribution in [3.63, 3.8) is 0 Å². The van der Waals surface area contributed by atoms with Gasteiger partial charge in [0.2, 0.25) is 0 Å². The standard InChI is InChI=1S/C25H36N2O/c1-4-17-15-18-16-19(28)7-9-24(18,2)21-8-10-25(3)20(23(17)21)5-6-22(25)27-13-11-26-12-14-27/h6,11-15,17,19-21,23,26,28H,4-5,7-10,16H2,1-3H3/t17-,19+,20-,21-,23-,24-,25-/m0/s1. The first kappa shape index (κ1) is 18.5. The third-order valence-corrected chi connectivity index (χ3v) is 9.20. The molecule has 0 saturated heterocycles. The predicted molar refractivity (Wildman–Crippen MR) is 114 cm³/mol. The summed E-state index contributed by atoms with van der Waals surface area (Å²) < 4.78 is 0. The molecule has 7 atom stereocenters. The van der Waals surface area contributed by atoms with Crippen LogP contribution in [0.5, 0.6) is 0 Å². The molecule has 0 amide bonds. The van der Waals surface area contributed by atoms with Crippen LogP contribution >= 0.6 is 0 Å². The minimum atomic E-state index is -0.117. The molecule has 0 spiro atoms. The zero-order chi connectivity index (χ0) is 19.5. The molecule has 0 aromatic rings. The Hall–Kier alpha value is -1.48. The minimum Gasteiger partial charge on any atom is -0.393 e. The van der Waals surface area contributed by atoms with E-state index in [1.165, 1.54) is 37.8 Å². The maximum absolute atomic E-state index is 10.3. The highest BCUT2D eigenvalue weighted by Gasteiger charge is 2.59. The number of nitrogens with one attached hydrogen (secondary N) is 1. The Kier molecular flexibility index (Phi) is 4.32. The molecule has 3 heteroatoms. The monoisotopic (exact) mass is 380 g/mol. The van der Waals surface area contributed by atoms with E-state index >= 15 is 0 Å². The SMILES string of the molecule is CC[C@H]1C=C2C[C@H](O)CC[C@]2(C)[C@H]2CC[C@]3(C)C(N4C=CNC=C4)=CC[C@H]3[C@H]12. The lowest BCUT2D eigenvalue weighted by atomic mass is 9.45. The van der Waals surface area contributed by atoms with Gasteiger partial charge in [-0.05, 0) is 74.0 Å². The first-order valence-electron chi connectivity index (χ1n) is 11.4. The van der Waals surface area contributed by atoms with Crippen LogP contribution in [-0.2, 0) is 0 Å². The third-order valence-electron chi connectivity index (χ3n) is 9.20. The summed E-state index contributed by atoms with van der Waals surface area (Å²) >= 11 is 0. The Morgan fingerprint density at radius 3 is 2.61 bits per heavy atom. The van der Waals surface area contributed by atoms with Crippen molar-refractivity contribution in [3.05, 3.63) is 48.2 Å². The normalized spacial score (nSPS) is 46.9. The summed E-state index contributed by atoms with van der Waals surface area (Å²) in [5.74, 6) is 2.97. The summed E-state index contributed by atoms with van der Waals surface area (Å²) in [6.07, 6.45) is 21.6. The van der Waals surface area contributed by atoms with E-state index < -0.39 is 0 Å². The molecule has 0 radical (unpaired) electrons. The van der Waals surface area contributed by atoms with Crippen LogP contribution in [0.3, 0.4) is 0 Å². The van der Waals surface area contributed by atoms with E-state index in [0.29, 0.717) is 11.3 Å². The van der Waals surface area contributed by atoms with E-state index in [4.69, 9.17) is 0 Å². The lowest BCUT2D eigenvalue weighted by Gasteiger charge is -2.60. The molecule has 152 valence electrons. The second kappa shape index (κ2) is 6.52. The van der Waals surface area contributed by atoms with Crippen molar-refractivity contribution in [3.8, 4) is 0 Å². The topological polar surface area (TPSA) is 35.5 Å². The van der Waals surface area contributed by atoms with Gasteiger partial charge < -0.3 is 15.3 Å². The van der Waals surface area contributed by atoms with Gasteiger partial charge >= 0.3 is 0 Å². The quantitative estimate of drug-likeness (QED) is 0.639. The van der Waals surface area contributed by atoms with Gasteiger partial charge in [-0.1, -0.05) is 38.5 Å². The van der Waals surface area contributed by atoms with Crippen molar-refractivity contribution in [1.82, 2.24) is 10.2 Å². The molecule has 1 heterocycles. The van der Waals surface area contributed by atoms with Gasteiger partial charge in [-0.2, -0.15) is 0 Å². The van der Waals surface area contributed by atoms with Gasteiger partial charge in [0.05, 0.1) is 6.10 Å². The van der Waals surface area contributed by atoms with Gasteiger partial charge in [-0.25, -0.2) is 0 Å². The maximum atomic E-state index is 10.3. The highest BCUT2D eigenvalue weighted by molar-refractivity contribution is 5.32. The number of aliphatic hydroxyl groups is 1. The number of allylic oxidation sites excluding steroid dienone is 3. The highest BCUT2D eigenvalue weighted by atomic mass is 16.3. The van der Waals surface area contributed by atoms with Crippen LogP contribution in [0.25, 0.3) is 0 Å². The second-order valence-electron chi connectivity index (χ2n) is 10.4.